The number of carbonyl (C=O) groups is 1. The third-order valence-electron chi connectivity index (χ3n) is 7.48. The molecule has 6 heteroatoms. The standard InChI is InChI=1S/C24H30N4O2/c29-23(26-30)20-13-19-7-11-27(17-22(19)25-15-20)21-8-12-28(24(14-21)9-4-10-24)16-18-5-2-1-3-6-18/h1-3,5-6,13,15,21,30H,4,7-12,14,16-17H2,(H,26,29). The molecular formula is C24H30N4O2. The molecule has 0 radical (unpaired) electrons. The number of amides is 1. The van der Waals surface area contributed by atoms with Gasteiger partial charge < -0.3 is 0 Å². The number of fused-ring (bicyclic) bond motifs is 1. The van der Waals surface area contributed by atoms with E-state index in [0.29, 0.717) is 17.1 Å². The first kappa shape index (κ1) is 19.7. The molecule has 1 spiro atoms. The van der Waals surface area contributed by atoms with Gasteiger partial charge in [-0.2, -0.15) is 0 Å². The summed E-state index contributed by atoms with van der Waals surface area (Å²) in [5.74, 6) is -0.495. The predicted molar refractivity (Wildman–Crippen MR) is 114 cm³/mol. The number of nitrogens with zero attached hydrogens (tertiary/aromatic N) is 3. The van der Waals surface area contributed by atoms with Gasteiger partial charge in [0.25, 0.3) is 5.91 Å². The lowest BCUT2D eigenvalue weighted by Gasteiger charge is -2.57. The van der Waals surface area contributed by atoms with Crippen molar-refractivity contribution in [2.45, 2.75) is 63.2 Å². The quantitative estimate of drug-likeness (QED) is 0.603. The van der Waals surface area contributed by atoms with E-state index in [1.807, 2.05) is 6.07 Å². The average Bonchev–Trinajstić information content (AvgIpc) is 2.77. The van der Waals surface area contributed by atoms with Gasteiger partial charge in [0.1, 0.15) is 0 Å². The van der Waals surface area contributed by atoms with Crippen LogP contribution < -0.4 is 5.48 Å². The van der Waals surface area contributed by atoms with Gasteiger partial charge in [-0.15, -0.1) is 0 Å². The van der Waals surface area contributed by atoms with Crippen LogP contribution in [0.3, 0.4) is 0 Å². The molecule has 6 nitrogen and oxygen atoms in total. The van der Waals surface area contributed by atoms with Crippen molar-refractivity contribution in [3.63, 3.8) is 0 Å². The lowest BCUT2D eigenvalue weighted by molar-refractivity contribution is -0.0591. The van der Waals surface area contributed by atoms with E-state index in [1.165, 1.54) is 37.7 Å². The highest BCUT2D eigenvalue weighted by molar-refractivity contribution is 5.93. The topological polar surface area (TPSA) is 68.7 Å². The minimum absolute atomic E-state index is 0.371. The van der Waals surface area contributed by atoms with E-state index in [9.17, 15) is 4.79 Å². The Kier molecular flexibility index (Phi) is 5.31. The van der Waals surface area contributed by atoms with Crippen LogP contribution >= 0.6 is 0 Å². The summed E-state index contributed by atoms with van der Waals surface area (Å²) in [5.41, 5.74) is 6.12. The molecule has 3 heterocycles. The minimum atomic E-state index is -0.495. The number of hydrogen-bond acceptors (Lipinski definition) is 5. The smallest absolute Gasteiger partial charge is 0.276 e. The largest absolute Gasteiger partial charge is 0.294 e. The van der Waals surface area contributed by atoms with Crippen LogP contribution in [-0.2, 0) is 19.5 Å². The van der Waals surface area contributed by atoms with Crippen LogP contribution in [0.4, 0.5) is 0 Å². The second-order valence-electron chi connectivity index (χ2n) is 9.12. The van der Waals surface area contributed by atoms with Crippen molar-refractivity contribution in [3.8, 4) is 0 Å². The van der Waals surface area contributed by atoms with Gasteiger partial charge in [-0.1, -0.05) is 30.3 Å². The number of likely N-dealkylation sites (tertiary alicyclic amines) is 1. The molecule has 1 amide bonds. The van der Waals surface area contributed by atoms with Gasteiger partial charge in [0, 0.05) is 44.0 Å². The van der Waals surface area contributed by atoms with Crippen LogP contribution in [0.2, 0.25) is 0 Å². The molecule has 1 saturated heterocycles. The molecule has 3 aliphatic rings. The highest BCUT2D eigenvalue weighted by Gasteiger charge is 2.47. The fourth-order valence-electron chi connectivity index (χ4n) is 5.61. The molecule has 1 saturated carbocycles. The van der Waals surface area contributed by atoms with Crippen molar-refractivity contribution in [2.75, 3.05) is 13.1 Å². The molecular weight excluding hydrogens is 376 g/mol. The van der Waals surface area contributed by atoms with Gasteiger partial charge in [0.2, 0.25) is 0 Å². The van der Waals surface area contributed by atoms with E-state index in [-0.39, 0.29) is 0 Å². The summed E-state index contributed by atoms with van der Waals surface area (Å²) >= 11 is 0. The number of nitrogens with one attached hydrogen (secondary N) is 1. The Morgan fingerprint density at radius 1 is 1.23 bits per heavy atom. The van der Waals surface area contributed by atoms with E-state index in [2.05, 4.69) is 45.1 Å². The maximum atomic E-state index is 11.7. The molecule has 1 aromatic carbocycles. The summed E-state index contributed by atoms with van der Waals surface area (Å²) < 4.78 is 0. The Balaban J connectivity index is 1.27. The average molecular weight is 407 g/mol. The molecule has 2 fully saturated rings. The summed E-state index contributed by atoms with van der Waals surface area (Å²) in [6.45, 7) is 4.09. The van der Waals surface area contributed by atoms with Crippen LogP contribution in [0.15, 0.2) is 42.6 Å². The number of rotatable bonds is 4. The molecule has 2 N–H and O–H groups in total. The number of hydroxylamine groups is 1. The van der Waals surface area contributed by atoms with E-state index in [0.717, 1.165) is 43.9 Å². The molecule has 1 aliphatic carbocycles. The second kappa shape index (κ2) is 8.10. The highest BCUT2D eigenvalue weighted by atomic mass is 16.5. The summed E-state index contributed by atoms with van der Waals surface area (Å²) in [7, 11) is 0. The maximum absolute atomic E-state index is 11.7. The van der Waals surface area contributed by atoms with E-state index in [4.69, 9.17) is 5.21 Å². The van der Waals surface area contributed by atoms with E-state index in [1.54, 1.807) is 11.7 Å². The van der Waals surface area contributed by atoms with Crippen LogP contribution in [-0.4, -0.2) is 50.6 Å². The zero-order valence-electron chi connectivity index (χ0n) is 17.4. The van der Waals surface area contributed by atoms with Crippen LogP contribution in [0, 0.1) is 0 Å². The maximum Gasteiger partial charge on any atom is 0.276 e. The summed E-state index contributed by atoms with van der Waals surface area (Å²) in [6, 6.07) is 13.4. The van der Waals surface area contributed by atoms with Crippen molar-refractivity contribution in [1.82, 2.24) is 20.3 Å². The molecule has 1 unspecified atom stereocenters. The Hall–Kier alpha value is -2.28. The second-order valence-corrected chi connectivity index (χ2v) is 9.12. The first-order valence-electron chi connectivity index (χ1n) is 11.1. The van der Waals surface area contributed by atoms with Crippen molar-refractivity contribution >= 4 is 5.91 Å². The van der Waals surface area contributed by atoms with Gasteiger partial charge in [-0.25, -0.2) is 5.48 Å². The molecule has 2 aromatic rings. The first-order chi connectivity index (χ1) is 14.7. The summed E-state index contributed by atoms with van der Waals surface area (Å²) in [4.78, 5) is 21.6. The van der Waals surface area contributed by atoms with Gasteiger partial charge >= 0.3 is 0 Å². The normalized spacial score (nSPS) is 23.6. The summed E-state index contributed by atoms with van der Waals surface area (Å²) in [6.07, 6.45) is 8.92. The Morgan fingerprint density at radius 3 is 2.80 bits per heavy atom. The number of benzene rings is 1. The number of piperidine rings is 1. The first-order valence-corrected chi connectivity index (χ1v) is 11.1. The van der Waals surface area contributed by atoms with Gasteiger partial charge in [0.05, 0.1) is 11.3 Å². The highest BCUT2D eigenvalue weighted by Crippen LogP contribution is 2.46. The monoisotopic (exact) mass is 406 g/mol. The molecule has 1 aromatic heterocycles. The van der Waals surface area contributed by atoms with Crippen LogP contribution in [0.25, 0.3) is 0 Å². The van der Waals surface area contributed by atoms with Crippen molar-refractivity contribution in [3.05, 3.63) is 65.0 Å². The molecule has 158 valence electrons. The Labute approximate surface area is 177 Å². The van der Waals surface area contributed by atoms with Crippen molar-refractivity contribution in [1.29, 1.82) is 0 Å². The van der Waals surface area contributed by atoms with Crippen molar-refractivity contribution in [2.24, 2.45) is 0 Å². The Bertz CT molecular complexity index is 913. The number of carbonyl (C=O) groups excluding carboxylic acids is 1. The fourth-order valence-corrected chi connectivity index (χ4v) is 5.61. The lowest BCUT2D eigenvalue weighted by Crippen LogP contribution is -2.61. The fraction of sp³-hybridized carbons (Fsp3) is 0.500. The minimum Gasteiger partial charge on any atom is -0.294 e. The van der Waals surface area contributed by atoms with Gasteiger partial charge in [-0.3, -0.25) is 24.8 Å². The zero-order chi connectivity index (χ0) is 20.6. The molecule has 5 rings (SSSR count). The Morgan fingerprint density at radius 2 is 2.07 bits per heavy atom. The number of hydrogen-bond donors (Lipinski definition) is 2. The third-order valence-corrected chi connectivity index (χ3v) is 7.48. The SMILES string of the molecule is O=C(NO)c1cnc2c(c1)CCN(C1CCN(Cc3ccccc3)C3(CCC3)C1)C2. The number of aromatic nitrogens is 1. The molecule has 30 heavy (non-hydrogen) atoms. The zero-order valence-corrected chi connectivity index (χ0v) is 17.4. The van der Waals surface area contributed by atoms with E-state index < -0.39 is 5.91 Å². The van der Waals surface area contributed by atoms with Gasteiger partial charge in [0.15, 0.2) is 0 Å². The van der Waals surface area contributed by atoms with Crippen LogP contribution in [0.1, 0.15) is 59.3 Å². The molecule has 1 atom stereocenters. The predicted octanol–water partition coefficient (Wildman–Crippen LogP) is 3.15. The van der Waals surface area contributed by atoms with E-state index >= 15 is 0 Å². The van der Waals surface area contributed by atoms with Gasteiger partial charge in [-0.05, 0) is 55.7 Å². The third kappa shape index (κ3) is 3.64. The molecule has 0 bridgehead atoms. The number of pyridine rings is 1. The molecule has 2 aliphatic heterocycles. The van der Waals surface area contributed by atoms with Crippen LogP contribution in [0.5, 0.6) is 0 Å². The lowest BCUT2D eigenvalue weighted by atomic mass is 9.68. The van der Waals surface area contributed by atoms with Crippen molar-refractivity contribution < 1.29 is 10.0 Å². The summed E-state index contributed by atoms with van der Waals surface area (Å²) in [5, 5.41) is 8.86.